The molecule has 0 N–H and O–H groups in total. The topological polar surface area (TPSA) is 6.48 Å². The van der Waals surface area contributed by atoms with Crippen LogP contribution in [0.15, 0.2) is 22.7 Å². The Morgan fingerprint density at radius 3 is 2.82 bits per heavy atom. The summed E-state index contributed by atoms with van der Waals surface area (Å²) in [6, 6.07) is 6.75. The van der Waals surface area contributed by atoms with Crippen molar-refractivity contribution in [2.75, 3.05) is 26.7 Å². The fraction of sp³-hybridized carbons (Fsp3) is 0.538. The molecule has 1 atom stereocenters. The van der Waals surface area contributed by atoms with E-state index in [9.17, 15) is 0 Å². The summed E-state index contributed by atoms with van der Waals surface area (Å²) in [5.74, 6) is 0. The molecule has 0 saturated carbocycles. The van der Waals surface area contributed by atoms with E-state index in [0.29, 0.717) is 6.04 Å². The number of rotatable bonds is 2. The van der Waals surface area contributed by atoms with E-state index in [1.54, 1.807) is 0 Å². The van der Waals surface area contributed by atoms with Gasteiger partial charge < -0.3 is 4.90 Å². The predicted molar refractivity (Wildman–Crippen MR) is 76.5 cm³/mol. The van der Waals surface area contributed by atoms with Gasteiger partial charge in [-0.15, -0.1) is 0 Å². The van der Waals surface area contributed by atoms with Crippen LogP contribution >= 0.6 is 27.5 Å². The normalized spacial score (nSPS) is 22.9. The average molecular weight is 318 g/mol. The van der Waals surface area contributed by atoms with Crippen LogP contribution in [0.4, 0.5) is 0 Å². The van der Waals surface area contributed by atoms with Crippen LogP contribution in [-0.2, 0) is 6.54 Å². The van der Waals surface area contributed by atoms with Crippen LogP contribution < -0.4 is 0 Å². The molecule has 0 radical (unpaired) electrons. The fourth-order valence-corrected chi connectivity index (χ4v) is 2.89. The minimum absolute atomic E-state index is 0.623. The Morgan fingerprint density at radius 2 is 2.18 bits per heavy atom. The lowest BCUT2D eigenvalue weighted by Crippen LogP contribution is -2.49. The molecule has 1 heterocycles. The van der Waals surface area contributed by atoms with Crippen LogP contribution in [0.3, 0.4) is 0 Å². The molecule has 1 aromatic rings. The molecule has 94 valence electrons. The van der Waals surface area contributed by atoms with Crippen molar-refractivity contribution in [3.63, 3.8) is 0 Å². The molecule has 4 heteroatoms. The molecule has 2 nitrogen and oxygen atoms in total. The number of piperazine rings is 1. The smallest absolute Gasteiger partial charge is 0.0462 e. The molecule has 1 unspecified atom stereocenters. The number of likely N-dealkylation sites (N-methyl/N-ethyl adjacent to an activating group) is 1. The first-order valence-corrected chi connectivity index (χ1v) is 7.10. The van der Waals surface area contributed by atoms with Crippen molar-refractivity contribution in [2.24, 2.45) is 0 Å². The highest BCUT2D eigenvalue weighted by molar-refractivity contribution is 9.10. The van der Waals surface area contributed by atoms with Crippen LogP contribution in [0.2, 0.25) is 5.02 Å². The van der Waals surface area contributed by atoms with Gasteiger partial charge in [0.25, 0.3) is 0 Å². The Bertz CT molecular complexity index is 397. The van der Waals surface area contributed by atoms with Gasteiger partial charge in [0, 0.05) is 41.7 Å². The van der Waals surface area contributed by atoms with E-state index in [1.807, 2.05) is 6.07 Å². The van der Waals surface area contributed by atoms with Crippen molar-refractivity contribution in [1.82, 2.24) is 9.80 Å². The molecule has 1 aromatic carbocycles. The third-order valence-electron chi connectivity index (χ3n) is 3.45. The predicted octanol–water partition coefficient (Wildman–Crippen LogP) is 3.24. The average Bonchev–Trinajstić information content (AvgIpc) is 2.27. The van der Waals surface area contributed by atoms with E-state index < -0.39 is 0 Å². The van der Waals surface area contributed by atoms with E-state index in [2.05, 4.69) is 51.8 Å². The second-order valence-corrected chi connectivity index (χ2v) is 6.12. The molecule has 2 rings (SSSR count). The van der Waals surface area contributed by atoms with E-state index >= 15 is 0 Å². The van der Waals surface area contributed by atoms with Crippen LogP contribution in [0.1, 0.15) is 12.5 Å². The number of halogens is 2. The quantitative estimate of drug-likeness (QED) is 0.826. The van der Waals surface area contributed by atoms with Crippen LogP contribution in [-0.4, -0.2) is 42.5 Å². The van der Waals surface area contributed by atoms with Gasteiger partial charge >= 0.3 is 0 Å². The summed E-state index contributed by atoms with van der Waals surface area (Å²) in [5.41, 5.74) is 1.21. The van der Waals surface area contributed by atoms with Crippen molar-refractivity contribution in [3.8, 4) is 0 Å². The highest BCUT2D eigenvalue weighted by Gasteiger charge is 2.20. The van der Waals surface area contributed by atoms with E-state index in [0.717, 1.165) is 35.7 Å². The maximum absolute atomic E-state index is 6.25. The van der Waals surface area contributed by atoms with Crippen LogP contribution in [0.5, 0.6) is 0 Å². The summed E-state index contributed by atoms with van der Waals surface area (Å²) in [6.07, 6.45) is 0. The summed E-state index contributed by atoms with van der Waals surface area (Å²) >= 11 is 9.68. The first kappa shape index (κ1) is 13.3. The second-order valence-electron chi connectivity index (χ2n) is 4.80. The van der Waals surface area contributed by atoms with Gasteiger partial charge in [0.1, 0.15) is 0 Å². The molecule has 1 aliphatic rings. The van der Waals surface area contributed by atoms with Gasteiger partial charge in [0.05, 0.1) is 0 Å². The molecule has 1 fully saturated rings. The molecule has 17 heavy (non-hydrogen) atoms. The molecule has 0 bridgehead atoms. The molecule has 0 aromatic heterocycles. The lowest BCUT2D eigenvalue weighted by Gasteiger charge is -2.37. The van der Waals surface area contributed by atoms with Crippen LogP contribution in [0.25, 0.3) is 0 Å². The number of hydrogen-bond acceptors (Lipinski definition) is 2. The highest BCUT2D eigenvalue weighted by Crippen LogP contribution is 2.23. The lowest BCUT2D eigenvalue weighted by atomic mass is 10.1. The largest absolute Gasteiger partial charge is 0.301 e. The molecular formula is C13H18BrClN2. The fourth-order valence-electron chi connectivity index (χ4n) is 2.16. The first-order valence-electron chi connectivity index (χ1n) is 5.93. The standard InChI is InChI=1S/C13H18BrClN2/c1-10-8-17(6-5-16(10)2)9-11-3-4-12(14)7-13(11)15/h3-4,7,10H,5-6,8-9H2,1-2H3. The summed E-state index contributed by atoms with van der Waals surface area (Å²) in [5, 5.41) is 0.853. The Balaban J connectivity index is 2.01. The Labute approximate surface area is 117 Å². The number of nitrogens with zero attached hydrogens (tertiary/aromatic N) is 2. The van der Waals surface area contributed by atoms with Crippen molar-refractivity contribution in [3.05, 3.63) is 33.3 Å². The highest BCUT2D eigenvalue weighted by atomic mass is 79.9. The van der Waals surface area contributed by atoms with Crippen molar-refractivity contribution in [2.45, 2.75) is 19.5 Å². The van der Waals surface area contributed by atoms with Crippen molar-refractivity contribution in [1.29, 1.82) is 0 Å². The van der Waals surface area contributed by atoms with Crippen molar-refractivity contribution >= 4 is 27.5 Å². The maximum Gasteiger partial charge on any atom is 0.0462 e. The van der Waals surface area contributed by atoms with Crippen molar-refractivity contribution < 1.29 is 0 Å². The van der Waals surface area contributed by atoms with E-state index in [4.69, 9.17) is 11.6 Å². The van der Waals surface area contributed by atoms with Crippen LogP contribution in [0, 0.1) is 0 Å². The van der Waals surface area contributed by atoms with Gasteiger partial charge in [-0.25, -0.2) is 0 Å². The minimum atomic E-state index is 0.623. The minimum Gasteiger partial charge on any atom is -0.301 e. The van der Waals surface area contributed by atoms with Gasteiger partial charge in [0.2, 0.25) is 0 Å². The summed E-state index contributed by atoms with van der Waals surface area (Å²) in [7, 11) is 2.19. The van der Waals surface area contributed by atoms with Gasteiger partial charge in [-0.3, -0.25) is 4.90 Å². The molecule has 0 amide bonds. The summed E-state index contributed by atoms with van der Waals surface area (Å²) in [4.78, 5) is 4.87. The molecule has 0 aliphatic carbocycles. The number of benzene rings is 1. The Kier molecular flexibility index (Phi) is 4.47. The zero-order chi connectivity index (χ0) is 12.4. The van der Waals surface area contributed by atoms with Gasteiger partial charge in [0.15, 0.2) is 0 Å². The van der Waals surface area contributed by atoms with Gasteiger partial charge in [-0.05, 0) is 31.7 Å². The SMILES string of the molecule is CC1CN(Cc2ccc(Br)cc2Cl)CCN1C. The van der Waals surface area contributed by atoms with E-state index in [-0.39, 0.29) is 0 Å². The summed E-state index contributed by atoms with van der Waals surface area (Å²) in [6.45, 7) is 6.59. The van der Waals surface area contributed by atoms with Gasteiger partial charge in [-0.1, -0.05) is 33.6 Å². The maximum atomic E-state index is 6.25. The molecule has 1 saturated heterocycles. The summed E-state index contributed by atoms with van der Waals surface area (Å²) < 4.78 is 1.04. The van der Waals surface area contributed by atoms with E-state index in [1.165, 1.54) is 5.56 Å². The number of hydrogen-bond donors (Lipinski definition) is 0. The second kappa shape index (κ2) is 5.70. The monoisotopic (exact) mass is 316 g/mol. The third kappa shape index (κ3) is 3.44. The molecule has 1 aliphatic heterocycles. The zero-order valence-corrected chi connectivity index (χ0v) is 12.6. The third-order valence-corrected chi connectivity index (χ3v) is 4.30. The lowest BCUT2D eigenvalue weighted by molar-refractivity contribution is 0.1000. The molecule has 0 spiro atoms. The van der Waals surface area contributed by atoms with Gasteiger partial charge in [-0.2, -0.15) is 0 Å². The Morgan fingerprint density at radius 1 is 1.41 bits per heavy atom. The molecular weight excluding hydrogens is 300 g/mol. The Hall–Kier alpha value is -0.0900. The zero-order valence-electron chi connectivity index (χ0n) is 10.3. The first-order chi connectivity index (χ1) is 8.06.